The minimum absolute atomic E-state index is 0.0191. The number of rotatable bonds is 1. The van der Waals surface area contributed by atoms with E-state index in [1.165, 1.54) is 5.56 Å². The molecule has 0 radical (unpaired) electrons. The van der Waals surface area contributed by atoms with E-state index in [9.17, 15) is 9.90 Å². The molecular weight excluding hydrogens is 324 g/mol. The topological polar surface area (TPSA) is 56.3 Å². The van der Waals surface area contributed by atoms with Gasteiger partial charge in [-0.25, -0.2) is 0 Å². The Morgan fingerprint density at radius 3 is 2.88 bits per heavy atom. The van der Waals surface area contributed by atoms with Crippen molar-refractivity contribution in [2.24, 2.45) is 0 Å². The Labute approximate surface area is 144 Å². The van der Waals surface area contributed by atoms with Crippen molar-refractivity contribution in [1.82, 2.24) is 9.88 Å². The molecule has 122 valence electrons. The molecule has 0 fully saturated rings. The largest absolute Gasteiger partial charge is 0.508 e. The van der Waals surface area contributed by atoms with E-state index in [0.29, 0.717) is 11.6 Å². The van der Waals surface area contributed by atoms with Crippen LogP contribution in [0.5, 0.6) is 5.75 Å². The van der Waals surface area contributed by atoms with Crippen LogP contribution in [0, 0.1) is 0 Å². The van der Waals surface area contributed by atoms with Gasteiger partial charge in [-0.15, -0.1) is 0 Å². The number of nitrogens with one attached hydrogen (secondary N) is 1. The molecule has 1 atom stereocenters. The Bertz CT molecular complexity index is 948. The van der Waals surface area contributed by atoms with Gasteiger partial charge in [-0.1, -0.05) is 23.7 Å². The molecule has 1 aliphatic heterocycles. The molecule has 5 heteroatoms. The first kappa shape index (κ1) is 15.1. The molecular formula is C19H17ClN2O2. The molecule has 0 aliphatic carbocycles. The van der Waals surface area contributed by atoms with Gasteiger partial charge >= 0.3 is 0 Å². The van der Waals surface area contributed by atoms with Gasteiger partial charge in [0.15, 0.2) is 0 Å². The fourth-order valence-corrected chi connectivity index (χ4v) is 3.81. The average Bonchev–Trinajstić information content (AvgIpc) is 2.91. The van der Waals surface area contributed by atoms with Crippen molar-refractivity contribution < 1.29 is 9.90 Å². The van der Waals surface area contributed by atoms with Crippen molar-refractivity contribution in [3.63, 3.8) is 0 Å². The van der Waals surface area contributed by atoms with Crippen LogP contribution in [-0.2, 0) is 11.2 Å². The maximum absolute atomic E-state index is 12.2. The number of hydrogen-bond acceptors (Lipinski definition) is 2. The number of hydrogen-bond donors (Lipinski definition) is 2. The van der Waals surface area contributed by atoms with Crippen LogP contribution in [0.15, 0.2) is 42.5 Å². The van der Waals surface area contributed by atoms with E-state index < -0.39 is 0 Å². The van der Waals surface area contributed by atoms with Crippen molar-refractivity contribution >= 4 is 28.4 Å². The minimum atomic E-state index is -0.232. The molecule has 2 aromatic carbocycles. The molecule has 0 saturated carbocycles. The van der Waals surface area contributed by atoms with Crippen LogP contribution in [0.25, 0.3) is 10.9 Å². The van der Waals surface area contributed by atoms with Crippen molar-refractivity contribution in [2.75, 3.05) is 6.54 Å². The molecule has 3 aromatic rings. The summed E-state index contributed by atoms with van der Waals surface area (Å²) >= 11 is 6.16. The smallest absolute Gasteiger partial charge is 0.220 e. The number of H-pyrrole nitrogens is 1. The third-order valence-corrected chi connectivity index (χ3v) is 4.91. The summed E-state index contributed by atoms with van der Waals surface area (Å²) in [5.74, 6) is 0.216. The second kappa shape index (κ2) is 5.56. The van der Waals surface area contributed by atoms with Gasteiger partial charge in [0.1, 0.15) is 5.75 Å². The van der Waals surface area contributed by atoms with Gasteiger partial charge < -0.3 is 15.0 Å². The zero-order valence-electron chi connectivity index (χ0n) is 13.2. The van der Waals surface area contributed by atoms with E-state index in [4.69, 9.17) is 11.6 Å². The highest BCUT2D eigenvalue weighted by Gasteiger charge is 2.33. The standard InChI is InChI=1S/C19H17ClN2O2/c1-11(23)22-8-7-15-16-10-13(20)5-6-17(16)21-18(15)19(22)12-3-2-4-14(24)9-12/h2-6,9-10,19,21,24H,7-8H2,1H3. The summed E-state index contributed by atoms with van der Waals surface area (Å²) in [6, 6.07) is 12.7. The number of phenols is 1. The Morgan fingerprint density at radius 2 is 2.12 bits per heavy atom. The third kappa shape index (κ3) is 2.34. The predicted octanol–water partition coefficient (Wildman–Crippen LogP) is 4.02. The van der Waals surface area contributed by atoms with Gasteiger partial charge in [0.25, 0.3) is 0 Å². The molecule has 4 nitrogen and oxygen atoms in total. The number of benzene rings is 2. The second-order valence-electron chi connectivity index (χ2n) is 6.17. The molecule has 1 aromatic heterocycles. The molecule has 2 heterocycles. The second-order valence-corrected chi connectivity index (χ2v) is 6.60. The zero-order chi connectivity index (χ0) is 16.8. The molecule has 2 N–H and O–H groups in total. The maximum Gasteiger partial charge on any atom is 0.220 e. The van der Waals surface area contributed by atoms with Crippen LogP contribution < -0.4 is 0 Å². The van der Waals surface area contributed by atoms with Gasteiger partial charge in [0.05, 0.1) is 6.04 Å². The van der Waals surface area contributed by atoms with Gasteiger partial charge in [-0.2, -0.15) is 0 Å². The molecule has 1 unspecified atom stereocenters. The van der Waals surface area contributed by atoms with Gasteiger partial charge in [0, 0.05) is 35.1 Å². The first-order valence-electron chi connectivity index (χ1n) is 7.91. The van der Waals surface area contributed by atoms with Gasteiger partial charge in [-0.05, 0) is 47.9 Å². The van der Waals surface area contributed by atoms with Crippen LogP contribution in [-0.4, -0.2) is 27.4 Å². The van der Waals surface area contributed by atoms with Crippen molar-refractivity contribution in [3.8, 4) is 5.75 Å². The van der Waals surface area contributed by atoms with E-state index in [1.54, 1.807) is 25.1 Å². The highest BCUT2D eigenvalue weighted by molar-refractivity contribution is 6.31. The lowest BCUT2D eigenvalue weighted by atomic mass is 9.92. The number of phenolic OH excluding ortho intramolecular Hbond substituents is 1. The number of carbonyl (C=O) groups excluding carboxylic acids is 1. The Kier molecular flexibility index (Phi) is 3.50. The molecule has 0 saturated heterocycles. The minimum Gasteiger partial charge on any atom is -0.508 e. The Hall–Kier alpha value is -2.46. The number of halogens is 1. The van der Waals surface area contributed by atoms with E-state index >= 15 is 0 Å². The SMILES string of the molecule is CC(=O)N1CCc2c([nH]c3ccc(Cl)cc23)C1c1cccc(O)c1. The lowest BCUT2D eigenvalue weighted by molar-refractivity contribution is -0.130. The lowest BCUT2D eigenvalue weighted by Gasteiger charge is -2.35. The first-order valence-corrected chi connectivity index (χ1v) is 8.28. The van der Waals surface area contributed by atoms with E-state index in [-0.39, 0.29) is 17.7 Å². The fraction of sp³-hybridized carbons (Fsp3) is 0.211. The van der Waals surface area contributed by atoms with Crippen molar-refractivity contribution in [1.29, 1.82) is 0 Å². The number of aromatic amines is 1. The Morgan fingerprint density at radius 1 is 1.29 bits per heavy atom. The summed E-state index contributed by atoms with van der Waals surface area (Å²) in [7, 11) is 0. The molecule has 0 spiro atoms. The number of aromatic hydroxyl groups is 1. The number of amides is 1. The summed E-state index contributed by atoms with van der Waals surface area (Å²) in [5, 5.41) is 11.7. The molecule has 24 heavy (non-hydrogen) atoms. The highest BCUT2D eigenvalue weighted by Crippen LogP contribution is 2.39. The van der Waals surface area contributed by atoms with Crippen molar-refractivity contribution in [2.45, 2.75) is 19.4 Å². The third-order valence-electron chi connectivity index (χ3n) is 4.68. The van der Waals surface area contributed by atoms with Crippen LogP contribution in [0.2, 0.25) is 5.02 Å². The summed E-state index contributed by atoms with van der Waals surface area (Å²) in [4.78, 5) is 17.5. The molecule has 4 rings (SSSR count). The fourth-order valence-electron chi connectivity index (χ4n) is 3.64. The van der Waals surface area contributed by atoms with Gasteiger partial charge in [0.2, 0.25) is 5.91 Å². The summed E-state index contributed by atoms with van der Waals surface area (Å²) < 4.78 is 0. The molecule has 0 bridgehead atoms. The lowest BCUT2D eigenvalue weighted by Crippen LogP contribution is -2.39. The molecule has 1 amide bonds. The maximum atomic E-state index is 12.2. The normalized spacial score (nSPS) is 17.1. The summed E-state index contributed by atoms with van der Waals surface area (Å²) in [5.41, 5.74) is 4.10. The van der Waals surface area contributed by atoms with E-state index in [2.05, 4.69) is 4.98 Å². The first-order chi connectivity index (χ1) is 11.5. The van der Waals surface area contributed by atoms with Gasteiger partial charge in [-0.3, -0.25) is 4.79 Å². The zero-order valence-corrected chi connectivity index (χ0v) is 14.0. The van der Waals surface area contributed by atoms with Crippen LogP contribution in [0.3, 0.4) is 0 Å². The number of aromatic nitrogens is 1. The van der Waals surface area contributed by atoms with Crippen LogP contribution in [0.4, 0.5) is 0 Å². The average molecular weight is 341 g/mol. The monoisotopic (exact) mass is 340 g/mol. The summed E-state index contributed by atoms with van der Waals surface area (Å²) in [6.45, 7) is 2.22. The van der Waals surface area contributed by atoms with Crippen molar-refractivity contribution in [3.05, 3.63) is 64.3 Å². The Balaban J connectivity index is 1.95. The number of nitrogens with zero attached hydrogens (tertiary/aromatic N) is 1. The quantitative estimate of drug-likeness (QED) is 0.703. The number of fused-ring (bicyclic) bond motifs is 3. The number of carbonyl (C=O) groups is 1. The molecule has 1 aliphatic rings. The van der Waals surface area contributed by atoms with Crippen LogP contribution >= 0.6 is 11.6 Å². The summed E-state index contributed by atoms with van der Waals surface area (Å²) in [6.07, 6.45) is 0.782. The highest BCUT2D eigenvalue weighted by atomic mass is 35.5. The van der Waals surface area contributed by atoms with E-state index in [0.717, 1.165) is 28.6 Å². The van der Waals surface area contributed by atoms with Crippen LogP contribution in [0.1, 0.15) is 29.8 Å². The van der Waals surface area contributed by atoms with E-state index in [1.807, 2.05) is 29.2 Å². The predicted molar refractivity (Wildman–Crippen MR) is 94.3 cm³/mol.